The molecule has 1 fully saturated rings. The van der Waals surface area contributed by atoms with Gasteiger partial charge in [-0.05, 0) is 0 Å². The van der Waals surface area contributed by atoms with Gasteiger partial charge < -0.3 is 16.0 Å². The number of nitrogens with one attached hydrogen (secondary N) is 3. The number of rotatable bonds is 5. The van der Waals surface area contributed by atoms with Crippen LogP contribution in [0.2, 0.25) is 0 Å². The first-order valence-electron chi connectivity index (χ1n) is 6.75. The van der Waals surface area contributed by atoms with E-state index in [1.54, 1.807) is 0 Å². The number of hydrogen-bond donors (Lipinski definition) is 3. The largest absolute Gasteiger partial charge is 0.354 e. The smallest absolute Gasteiger partial charge is 0.225 e. The quantitative estimate of drug-likeness (QED) is 0.639. The van der Waals surface area contributed by atoms with E-state index < -0.39 is 0 Å². The standard InChI is InChI=1S/C13H25N3O2S/c1-13(2,3)12(18)16-5-4-15-11(17)8-10-9-19-7-6-14-10/h10,14H,4-9H2,1-3H3,(H,15,17)(H,16,18). The highest BCUT2D eigenvalue weighted by molar-refractivity contribution is 7.99. The third kappa shape index (κ3) is 6.82. The van der Waals surface area contributed by atoms with Crippen molar-refractivity contribution < 1.29 is 9.59 Å². The maximum absolute atomic E-state index is 11.7. The average Bonchev–Trinajstić information content (AvgIpc) is 2.34. The zero-order chi connectivity index (χ0) is 14.3. The van der Waals surface area contributed by atoms with Crippen LogP contribution in [-0.2, 0) is 9.59 Å². The minimum absolute atomic E-state index is 0.00657. The van der Waals surface area contributed by atoms with Crippen LogP contribution >= 0.6 is 11.8 Å². The summed E-state index contributed by atoms with van der Waals surface area (Å²) < 4.78 is 0. The van der Waals surface area contributed by atoms with Gasteiger partial charge in [-0.15, -0.1) is 0 Å². The topological polar surface area (TPSA) is 70.2 Å². The molecule has 0 radical (unpaired) electrons. The van der Waals surface area contributed by atoms with Gasteiger partial charge in [0.25, 0.3) is 0 Å². The fraction of sp³-hybridized carbons (Fsp3) is 0.846. The molecule has 2 amide bonds. The van der Waals surface area contributed by atoms with Crippen LogP contribution in [0.3, 0.4) is 0 Å². The van der Waals surface area contributed by atoms with Crippen molar-refractivity contribution in [1.82, 2.24) is 16.0 Å². The zero-order valence-electron chi connectivity index (χ0n) is 12.0. The molecule has 19 heavy (non-hydrogen) atoms. The Morgan fingerprint density at radius 3 is 2.53 bits per heavy atom. The van der Waals surface area contributed by atoms with Crippen molar-refractivity contribution in [3.8, 4) is 0 Å². The maximum Gasteiger partial charge on any atom is 0.225 e. The molecule has 0 saturated carbocycles. The molecule has 0 aromatic carbocycles. The minimum Gasteiger partial charge on any atom is -0.354 e. The predicted octanol–water partition coefficient (Wildman–Crippen LogP) is 0.360. The van der Waals surface area contributed by atoms with Gasteiger partial charge in [0.1, 0.15) is 0 Å². The third-order valence-corrected chi connectivity index (χ3v) is 3.98. The van der Waals surface area contributed by atoms with Gasteiger partial charge in [0, 0.05) is 49.0 Å². The van der Waals surface area contributed by atoms with Crippen LogP contribution in [0.1, 0.15) is 27.2 Å². The van der Waals surface area contributed by atoms with Crippen LogP contribution in [0.15, 0.2) is 0 Å². The van der Waals surface area contributed by atoms with E-state index in [1.807, 2.05) is 32.5 Å². The van der Waals surface area contributed by atoms with Crippen molar-refractivity contribution in [2.75, 3.05) is 31.1 Å². The normalized spacial score (nSPS) is 19.8. The summed E-state index contributed by atoms with van der Waals surface area (Å²) in [6.45, 7) is 7.55. The van der Waals surface area contributed by atoms with Crippen molar-refractivity contribution in [2.45, 2.75) is 33.2 Å². The summed E-state index contributed by atoms with van der Waals surface area (Å²) in [6.07, 6.45) is 0.514. The Morgan fingerprint density at radius 2 is 1.95 bits per heavy atom. The summed E-state index contributed by atoms with van der Waals surface area (Å²) in [5.41, 5.74) is -0.382. The Bertz CT molecular complexity index is 310. The highest BCUT2D eigenvalue weighted by Gasteiger charge is 2.20. The monoisotopic (exact) mass is 287 g/mol. The summed E-state index contributed by atoms with van der Waals surface area (Å²) in [5, 5.41) is 8.97. The lowest BCUT2D eigenvalue weighted by atomic mass is 9.96. The molecule has 0 bridgehead atoms. The molecule has 6 heteroatoms. The van der Waals surface area contributed by atoms with Gasteiger partial charge >= 0.3 is 0 Å². The van der Waals surface area contributed by atoms with E-state index >= 15 is 0 Å². The van der Waals surface area contributed by atoms with Crippen molar-refractivity contribution in [2.24, 2.45) is 5.41 Å². The van der Waals surface area contributed by atoms with Gasteiger partial charge in [0.05, 0.1) is 0 Å². The second-order valence-electron chi connectivity index (χ2n) is 5.79. The van der Waals surface area contributed by atoms with Gasteiger partial charge in [-0.25, -0.2) is 0 Å². The minimum atomic E-state index is -0.382. The lowest BCUT2D eigenvalue weighted by molar-refractivity contribution is -0.128. The summed E-state index contributed by atoms with van der Waals surface area (Å²) in [5.74, 6) is 2.17. The zero-order valence-corrected chi connectivity index (χ0v) is 12.9. The molecule has 0 spiro atoms. The van der Waals surface area contributed by atoms with Crippen molar-refractivity contribution in [1.29, 1.82) is 0 Å². The lowest BCUT2D eigenvalue weighted by Gasteiger charge is -2.22. The molecule has 1 unspecified atom stereocenters. The van der Waals surface area contributed by atoms with Gasteiger partial charge in [0.15, 0.2) is 0 Å². The molecular formula is C13H25N3O2S. The van der Waals surface area contributed by atoms with Gasteiger partial charge in [-0.2, -0.15) is 11.8 Å². The van der Waals surface area contributed by atoms with E-state index in [-0.39, 0.29) is 23.3 Å². The van der Waals surface area contributed by atoms with Crippen molar-refractivity contribution in [3.63, 3.8) is 0 Å². The van der Waals surface area contributed by atoms with Crippen LogP contribution in [0.4, 0.5) is 0 Å². The Labute approximate surface area is 119 Å². The number of carbonyl (C=O) groups is 2. The van der Waals surface area contributed by atoms with Crippen LogP contribution in [0.25, 0.3) is 0 Å². The molecule has 0 aromatic rings. The molecular weight excluding hydrogens is 262 g/mol. The summed E-state index contributed by atoms with van der Waals surface area (Å²) in [7, 11) is 0. The molecule has 1 aliphatic rings. The van der Waals surface area contributed by atoms with Gasteiger partial charge in [-0.1, -0.05) is 20.8 Å². The lowest BCUT2D eigenvalue weighted by Crippen LogP contribution is -2.43. The van der Waals surface area contributed by atoms with Crippen LogP contribution in [0.5, 0.6) is 0 Å². The van der Waals surface area contributed by atoms with Gasteiger partial charge in [0.2, 0.25) is 11.8 Å². The molecule has 5 nitrogen and oxygen atoms in total. The first-order valence-corrected chi connectivity index (χ1v) is 7.91. The van der Waals surface area contributed by atoms with Crippen LogP contribution < -0.4 is 16.0 Å². The summed E-state index contributed by atoms with van der Waals surface area (Å²) >= 11 is 1.88. The average molecular weight is 287 g/mol. The van der Waals surface area contributed by atoms with E-state index in [2.05, 4.69) is 16.0 Å². The molecule has 3 N–H and O–H groups in total. The molecule has 1 atom stereocenters. The number of hydrogen-bond acceptors (Lipinski definition) is 4. The molecule has 0 aliphatic carbocycles. The summed E-state index contributed by atoms with van der Waals surface area (Å²) in [4.78, 5) is 23.3. The second kappa shape index (κ2) is 7.75. The fourth-order valence-electron chi connectivity index (χ4n) is 1.69. The van der Waals surface area contributed by atoms with Crippen LogP contribution in [-0.4, -0.2) is 49.0 Å². The highest BCUT2D eigenvalue weighted by Crippen LogP contribution is 2.12. The number of carbonyl (C=O) groups excluding carboxylic acids is 2. The SMILES string of the molecule is CC(C)(C)C(=O)NCCNC(=O)CC1CSCCN1. The van der Waals surface area contributed by atoms with Crippen LogP contribution in [0, 0.1) is 5.41 Å². The predicted molar refractivity (Wildman–Crippen MR) is 79.2 cm³/mol. The molecule has 1 heterocycles. The first kappa shape index (κ1) is 16.3. The van der Waals surface area contributed by atoms with E-state index in [0.29, 0.717) is 19.5 Å². The Morgan fingerprint density at radius 1 is 1.26 bits per heavy atom. The van der Waals surface area contributed by atoms with E-state index in [4.69, 9.17) is 0 Å². The Balaban J connectivity index is 2.08. The maximum atomic E-state index is 11.7. The molecule has 1 aliphatic heterocycles. The number of thioether (sulfide) groups is 1. The fourth-order valence-corrected chi connectivity index (χ4v) is 2.64. The molecule has 0 aromatic heterocycles. The highest BCUT2D eigenvalue weighted by atomic mass is 32.2. The second-order valence-corrected chi connectivity index (χ2v) is 6.94. The third-order valence-electron chi connectivity index (χ3n) is 2.84. The summed E-state index contributed by atoms with van der Waals surface area (Å²) in [6, 6.07) is 0.280. The molecule has 110 valence electrons. The Hall–Kier alpha value is -0.750. The van der Waals surface area contributed by atoms with Crippen molar-refractivity contribution in [3.05, 3.63) is 0 Å². The van der Waals surface area contributed by atoms with E-state index in [0.717, 1.165) is 18.1 Å². The number of amides is 2. The van der Waals surface area contributed by atoms with Gasteiger partial charge in [-0.3, -0.25) is 9.59 Å². The molecule has 1 rings (SSSR count). The Kier molecular flexibility index (Phi) is 6.65. The van der Waals surface area contributed by atoms with E-state index in [9.17, 15) is 9.59 Å². The molecule has 1 saturated heterocycles. The van der Waals surface area contributed by atoms with Crippen molar-refractivity contribution >= 4 is 23.6 Å². The first-order chi connectivity index (χ1) is 8.89. The van der Waals surface area contributed by atoms with E-state index in [1.165, 1.54) is 0 Å².